The molecule has 5 nitrogen and oxygen atoms in total. The molecule has 0 bridgehead atoms. The lowest BCUT2D eigenvalue weighted by Crippen LogP contribution is -2.19. The number of aliphatic hydroxyl groups is 1. The highest BCUT2D eigenvalue weighted by molar-refractivity contribution is 5.78. The number of rotatable bonds is 6. The predicted molar refractivity (Wildman–Crippen MR) is 83.5 cm³/mol. The van der Waals surface area contributed by atoms with Crippen molar-refractivity contribution >= 4 is 17.0 Å². The van der Waals surface area contributed by atoms with E-state index >= 15 is 0 Å². The van der Waals surface area contributed by atoms with Crippen LogP contribution in [0.4, 0.5) is 5.95 Å². The fourth-order valence-corrected chi connectivity index (χ4v) is 2.82. The maximum atomic E-state index is 9.46. The van der Waals surface area contributed by atoms with E-state index in [0.717, 1.165) is 43.0 Å². The van der Waals surface area contributed by atoms with E-state index in [1.54, 1.807) is 6.92 Å². The van der Waals surface area contributed by atoms with Crippen molar-refractivity contribution < 1.29 is 9.84 Å². The summed E-state index contributed by atoms with van der Waals surface area (Å²) in [5.74, 6) is 0.829. The van der Waals surface area contributed by atoms with E-state index in [9.17, 15) is 5.11 Å². The Bertz CT molecular complexity index is 588. The van der Waals surface area contributed by atoms with Crippen molar-refractivity contribution in [1.29, 1.82) is 0 Å². The van der Waals surface area contributed by atoms with Crippen LogP contribution in [0.1, 0.15) is 26.2 Å². The molecule has 1 aromatic heterocycles. The topological polar surface area (TPSA) is 59.3 Å². The summed E-state index contributed by atoms with van der Waals surface area (Å²) in [7, 11) is 0. The van der Waals surface area contributed by atoms with Crippen molar-refractivity contribution in [3.63, 3.8) is 0 Å². The van der Waals surface area contributed by atoms with Crippen molar-refractivity contribution in [3.8, 4) is 0 Å². The van der Waals surface area contributed by atoms with Crippen LogP contribution in [0.15, 0.2) is 24.3 Å². The first-order chi connectivity index (χ1) is 10.2. The summed E-state index contributed by atoms with van der Waals surface area (Å²) in [4.78, 5) is 4.63. The van der Waals surface area contributed by atoms with Gasteiger partial charge in [0.25, 0.3) is 0 Å². The molecule has 2 atom stereocenters. The lowest BCUT2D eigenvalue weighted by molar-refractivity contribution is 0.101. The number of aryl methyl sites for hydroxylation is 1. The van der Waals surface area contributed by atoms with Gasteiger partial charge >= 0.3 is 0 Å². The predicted octanol–water partition coefficient (Wildman–Crippen LogP) is 2.40. The van der Waals surface area contributed by atoms with E-state index in [-0.39, 0.29) is 0 Å². The third-order valence-corrected chi connectivity index (χ3v) is 3.91. The highest BCUT2D eigenvalue weighted by Gasteiger charge is 2.17. The summed E-state index contributed by atoms with van der Waals surface area (Å²) in [5, 5.41) is 12.7. The average molecular weight is 289 g/mol. The molecule has 0 saturated carbocycles. The average Bonchev–Trinajstić information content (AvgIpc) is 3.10. The van der Waals surface area contributed by atoms with Gasteiger partial charge in [-0.2, -0.15) is 0 Å². The molecule has 0 unspecified atom stereocenters. The Morgan fingerprint density at radius 3 is 3.10 bits per heavy atom. The van der Waals surface area contributed by atoms with Gasteiger partial charge in [0.15, 0.2) is 0 Å². The maximum absolute atomic E-state index is 9.46. The third-order valence-electron chi connectivity index (χ3n) is 3.91. The lowest BCUT2D eigenvalue weighted by Gasteiger charge is -2.14. The minimum Gasteiger partial charge on any atom is -0.392 e. The van der Waals surface area contributed by atoms with Crippen LogP contribution in [-0.4, -0.2) is 40.0 Å². The summed E-state index contributed by atoms with van der Waals surface area (Å²) >= 11 is 0. The first kappa shape index (κ1) is 14.4. The molecular weight excluding hydrogens is 266 g/mol. The van der Waals surface area contributed by atoms with Gasteiger partial charge in [0, 0.05) is 19.7 Å². The molecule has 2 aromatic rings. The largest absolute Gasteiger partial charge is 0.392 e. The normalized spacial score (nSPS) is 20.0. The van der Waals surface area contributed by atoms with E-state index in [0.29, 0.717) is 12.6 Å². The summed E-state index contributed by atoms with van der Waals surface area (Å²) in [6.45, 7) is 4.05. The molecule has 1 aliphatic heterocycles. The fraction of sp³-hybridized carbons (Fsp3) is 0.562. The number of hydrogen-bond donors (Lipinski definition) is 2. The minimum atomic E-state index is -0.392. The zero-order chi connectivity index (χ0) is 14.7. The summed E-state index contributed by atoms with van der Waals surface area (Å²) in [6, 6.07) is 8.14. The van der Waals surface area contributed by atoms with Crippen LogP contribution in [-0.2, 0) is 11.3 Å². The Hall–Kier alpha value is -1.59. The number of nitrogens with zero attached hydrogens (tertiary/aromatic N) is 2. The first-order valence-corrected chi connectivity index (χ1v) is 7.73. The van der Waals surface area contributed by atoms with Crippen LogP contribution in [0.2, 0.25) is 0 Å². The minimum absolute atomic E-state index is 0.371. The molecule has 114 valence electrons. The van der Waals surface area contributed by atoms with Crippen molar-refractivity contribution in [3.05, 3.63) is 24.3 Å². The smallest absolute Gasteiger partial charge is 0.203 e. The van der Waals surface area contributed by atoms with E-state index in [4.69, 9.17) is 4.74 Å². The van der Waals surface area contributed by atoms with Crippen molar-refractivity contribution in [1.82, 2.24) is 9.55 Å². The second kappa shape index (κ2) is 6.45. The molecule has 1 aliphatic rings. The standard InChI is InChI=1S/C16H23N3O2/c1-12(20)11-17-16-18-14-6-2-3-7-15(14)19(16)9-8-13-5-4-10-21-13/h2-3,6-7,12-13,20H,4-5,8-11H2,1H3,(H,17,18)/t12-,13+/m0/s1. The van der Waals surface area contributed by atoms with Crippen molar-refractivity contribution in [2.24, 2.45) is 0 Å². The molecule has 1 aromatic carbocycles. The molecule has 2 N–H and O–H groups in total. The maximum Gasteiger partial charge on any atom is 0.203 e. The Balaban J connectivity index is 1.80. The highest BCUT2D eigenvalue weighted by Crippen LogP contribution is 2.22. The number of benzene rings is 1. The molecule has 2 heterocycles. The number of para-hydroxylation sites is 2. The number of imidazole rings is 1. The molecule has 3 rings (SSSR count). The second-order valence-electron chi connectivity index (χ2n) is 5.73. The first-order valence-electron chi connectivity index (χ1n) is 7.73. The Labute approximate surface area is 124 Å². The molecule has 1 saturated heterocycles. The Morgan fingerprint density at radius 2 is 2.33 bits per heavy atom. The Kier molecular flexibility index (Phi) is 4.41. The number of nitrogens with one attached hydrogen (secondary N) is 1. The quantitative estimate of drug-likeness (QED) is 0.857. The number of hydrogen-bond acceptors (Lipinski definition) is 4. The van der Waals surface area contributed by atoms with Gasteiger partial charge in [-0.25, -0.2) is 4.98 Å². The molecule has 21 heavy (non-hydrogen) atoms. The van der Waals surface area contributed by atoms with Gasteiger partial charge in [0.1, 0.15) is 0 Å². The van der Waals surface area contributed by atoms with Crippen molar-refractivity contribution in [2.75, 3.05) is 18.5 Å². The van der Waals surface area contributed by atoms with E-state index in [1.165, 1.54) is 6.42 Å². The van der Waals surface area contributed by atoms with Gasteiger partial charge in [-0.1, -0.05) is 12.1 Å². The molecule has 0 amide bonds. The van der Waals surface area contributed by atoms with Crippen molar-refractivity contribution in [2.45, 2.75) is 44.9 Å². The van der Waals surface area contributed by atoms with E-state index in [2.05, 4.69) is 20.9 Å². The molecule has 0 aliphatic carbocycles. The van der Waals surface area contributed by atoms with Crippen LogP contribution in [0.5, 0.6) is 0 Å². The van der Waals surface area contributed by atoms with Gasteiger partial charge in [0.2, 0.25) is 5.95 Å². The SMILES string of the molecule is C[C@H](O)CNc1nc2ccccc2n1CC[C@H]1CCCO1. The van der Waals surface area contributed by atoms with Gasteiger partial charge in [-0.15, -0.1) is 0 Å². The number of ether oxygens (including phenoxy) is 1. The van der Waals surface area contributed by atoms with Crippen LogP contribution in [0.25, 0.3) is 11.0 Å². The van der Waals surface area contributed by atoms with E-state index in [1.807, 2.05) is 18.2 Å². The van der Waals surface area contributed by atoms with Crippen LogP contribution >= 0.6 is 0 Å². The highest BCUT2D eigenvalue weighted by atomic mass is 16.5. The summed E-state index contributed by atoms with van der Waals surface area (Å²) in [6.07, 6.45) is 3.31. The number of aliphatic hydroxyl groups excluding tert-OH is 1. The van der Waals surface area contributed by atoms with Gasteiger partial charge in [0.05, 0.1) is 23.2 Å². The molecule has 0 radical (unpaired) electrons. The molecule has 1 fully saturated rings. The number of anilines is 1. The van der Waals surface area contributed by atoms with Gasteiger partial charge < -0.3 is 19.7 Å². The third kappa shape index (κ3) is 3.36. The zero-order valence-corrected chi connectivity index (χ0v) is 12.5. The monoisotopic (exact) mass is 289 g/mol. The summed E-state index contributed by atoms with van der Waals surface area (Å²) < 4.78 is 7.90. The van der Waals surface area contributed by atoms with Crippen LogP contribution in [0, 0.1) is 0 Å². The zero-order valence-electron chi connectivity index (χ0n) is 12.5. The lowest BCUT2D eigenvalue weighted by atomic mass is 10.2. The molecular formula is C16H23N3O2. The second-order valence-corrected chi connectivity index (χ2v) is 5.73. The molecule has 0 spiro atoms. The summed E-state index contributed by atoms with van der Waals surface area (Å²) in [5.41, 5.74) is 2.11. The Morgan fingerprint density at radius 1 is 1.48 bits per heavy atom. The van der Waals surface area contributed by atoms with Gasteiger partial charge in [-0.05, 0) is 38.3 Å². The molecule has 5 heteroatoms. The van der Waals surface area contributed by atoms with Crippen LogP contribution < -0.4 is 5.32 Å². The number of fused-ring (bicyclic) bond motifs is 1. The van der Waals surface area contributed by atoms with Crippen LogP contribution in [0.3, 0.4) is 0 Å². The number of aromatic nitrogens is 2. The van der Waals surface area contributed by atoms with E-state index < -0.39 is 6.10 Å². The fourth-order valence-electron chi connectivity index (χ4n) is 2.82. The van der Waals surface area contributed by atoms with Gasteiger partial charge in [-0.3, -0.25) is 0 Å².